The molecule has 0 amide bonds. The van der Waals surface area contributed by atoms with Crippen LogP contribution in [0.2, 0.25) is 0 Å². The summed E-state index contributed by atoms with van der Waals surface area (Å²) in [5.41, 5.74) is 0. The number of hydrogen-bond acceptors (Lipinski definition) is 4. The smallest absolute Gasteiger partial charge is 0.475 e. The fourth-order valence-electron chi connectivity index (χ4n) is 0. The minimum atomic E-state index is -5.08. The highest BCUT2D eigenvalue weighted by atomic mass is 24.3. The summed E-state index contributed by atoms with van der Waals surface area (Å²) in [6.07, 6.45) is -20.3. The number of carboxylic acid groups (broad SMARTS) is 4. The van der Waals surface area contributed by atoms with Crippen LogP contribution in [0.25, 0.3) is 0 Å². The molecule has 4 N–H and O–H groups in total. The van der Waals surface area contributed by atoms with E-state index in [9.17, 15) is 52.7 Å². The lowest BCUT2D eigenvalue weighted by Crippen LogP contribution is -2.21. The Bertz CT molecular complexity index is 436. The van der Waals surface area contributed by atoms with E-state index in [1.807, 2.05) is 0 Å². The molecule has 0 atom stereocenters. The molecule has 0 aliphatic carbocycles. The van der Waals surface area contributed by atoms with Crippen LogP contribution < -0.4 is 0 Å². The van der Waals surface area contributed by atoms with E-state index < -0.39 is 48.6 Å². The van der Waals surface area contributed by atoms with Crippen molar-refractivity contribution in [1.29, 1.82) is 0 Å². The third-order valence-corrected chi connectivity index (χ3v) is 0.970. The van der Waals surface area contributed by atoms with Crippen LogP contribution in [0.15, 0.2) is 0 Å². The molecular weight excluding hydrogens is 476 g/mol. The van der Waals surface area contributed by atoms with Crippen LogP contribution >= 0.6 is 0 Å². The fraction of sp³-hybridized carbons (Fsp3) is 0.500. The van der Waals surface area contributed by atoms with Crippen molar-refractivity contribution in [2.75, 3.05) is 0 Å². The summed E-state index contributed by atoms with van der Waals surface area (Å²) in [4.78, 5) is 35.6. The SMILES string of the molecule is O=C(O)C(F)(F)F.O=C(O)C(F)(F)F.O=C(O)C(F)(F)F.O=C(O)C(F)(F)F.[Mg]. The lowest BCUT2D eigenvalue weighted by Gasteiger charge is -1.93. The summed E-state index contributed by atoms with van der Waals surface area (Å²) in [5, 5.41) is 28.5. The standard InChI is InChI=1S/4C2HF3O2.Mg/c4*3-2(4,5)1(6)7;/h4*(H,6,7);. The molecule has 2 radical (unpaired) electrons. The molecule has 0 unspecified atom stereocenters. The van der Waals surface area contributed by atoms with Gasteiger partial charge in [0.25, 0.3) is 0 Å². The summed E-state index contributed by atoms with van der Waals surface area (Å²) < 4.78 is 127. The first kappa shape index (κ1) is 37.5. The first-order valence-corrected chi connectivity index (χ1v) is 4.98. The first-order chi connectivity index (χ1) is 11.8. The highest BCUT2D eigenvalue weighted by molar-refractivity contribution is 5.75. The van der Waals surface area contributed by atoms with Crippen LogP contribution in [-0.4, -0.2) is 92.1 Å². The molecule has 0 rings (SSSR count). The van der Waals surface area contributed by atoms with Gasteiger partial charge in [0.1, 0.15) is 0 Å². The minimum Gasteiger partial charge on any atom is -0.475 e. The largest absolute Gasteiger partial charge is 0.490 e. The van der Waals surface area contributed by atoms with E-state index in [0.717, 1.165) is 0 Å². The van der Waals surface area contributed by atoms with E-state index in [0.29, 0.717) is 0 Å². The molecule has 0 heterocycles. The summed E-state index contributed by atoms with van der Waals surface area (Å²) in [6, 6.07) is 0. The number of hydrogen-bond donors (Lipinski definition) is 4. The maximum atomic E-state index is 10.6. The first-order valence-electron chi connectivity index (χ1n) is 4.98. The molecule has 170 valence electrons. The summed E-state index contributed by atoms with van der Waals surface area (Å²) in [5.74, 6) is -11.0. The van der Waals surface area contributed by atoms with E-state index in [-0.39, 0.29) is 23.1 Å². The summed E-state index contributed by atoms with van der Waals surface area (Å²) in [7, 11) is 0. The van der Waals surface area contributed by atoms with Gasteiger partial charge in [-0.2, -0.15) is 52.7 Å². The molecule has 8 nitrogen and oxygen atoms in total. The van der Waals surface area contributed by atoms with Gasteiger partial charge in [-0.3, -0.25) is 0 Å². The van der Waals surface area contributed by atoms with Gasteiger partial charge in [-0.15, -0.1) is 0 Å². The molecule has 0 spiro atoms. The molecule has 0 saturated heterocycles. The number of carboxylic acids is 4. The normalized spacial score (nSPS) is 10.9. The highest BCUT2D eigenvalue weighted by Gasteiger charge is 2.39. The Kier molecular flexibility index (Phi) is 18.0. The van der Waals surface area contributed by atoms with Crippen molar-refractivity contribution < 1.29 is 92.3 Å². The molecular formula is C8H4F12MgO8. The minimum absolute atomic E-state index is 0. The maximum Gasteiger partial charge on any atom is 0.490 e. The van der Waals surface area contributed by atoms with Crippen molar-refractivity contribution in [3.8, 4) is 0 Å². The zero-order chi connectivity index (χ0) is 24.3. The topological polar surface area (TPSA) is 149 Å². The van der Waals surface area contributed by atoms with Crippen LogP contribution in [0, 0.1) is 0 Å². The van der Waals surface area contributed by atoms with Gasteiger partial charge in [0.15, 0.2) is 0 Å². The summed E-state index contributed by atoms with van der Waals surface area (Å²) in [6.45, 7) is 0. The molecule has 29 heavy (non-hydrogen) atoms. The van der Waals surface area contributed by atoms with Gasteiger partial charge in [0, 0.05) is 23.1 Å². The third kappa shape index (κ3) is 30.8. The van der Waals surface area contributed by atoms with Gasteiger partial charge < -0.3 is 20.4 Å². The van der Waals surface area contributed by atoms with Crippen molar-refractivity contribution >= 4 is 46.9 Å². The van der Waals surface area contributed by atoms with Crippen LogP contribution in [0.5, 0.6) is 0 Å². The Morgan fingerprint density at radius 1 is 0.379 bits per heavy atom. The molecule has 0 aliphatic heterocycles. The number of carbonyl (C=O) groups is 4. The molecule has 0 saturated carbocycles. The Balaban J connectivity index is -0.0000000873. The second-order valence-corrected chi connectivity index (χ2v) is 3.21. The van der Waals surface area contributed by atoms with Crippen LogP contribution in [-0.2, 0) is 19.2 Å². The summed E-state index contributed by atoms with van der Waals surface area (Å²) >= 11 is 0. The third-order valence-electron chi connectivity index (χ3n) is 0.970. The van der Waals surface area contributed by atoms with Crippen LogP contribution in [0.4, 0.5) is 52.7 Å². The second kappa shape index (κ2) is 13.9. The number of halogens is 12. The molecule has 0 aromatic carbocycles. The Morgan fingerprint density at radius 2 is 0.414 bits per heavy atom. The Morgan fingerprint density at radius 3 is 0.414 bits per heavy atom. The molecule has 0 bridgehead atoms. The monoisotopic (exact) mass is 480 g/mol. The zero-order valence-corrected chi connectivity index (χ0v) is 14.1. The van der Waals surface area contributed by atoms with Crippen LogP contribution in [0.3, 0.4) is 0 Å². The van der Waals surface area contributed by atoms with Gasteiger partial charge >= 0.3 is 48.6 Å². The maximum absolute atomic E-state index is 10.6. The fourth-order valence-corrected chi connectivity index (χ4v) is 0. The number of rotatable bonds is 0. The molecule has 0 aliphatic rings. The average molecular weight is 480 g/mol. The van der Waals surface area contributed by atoms with Crippen molar-refractivity contribution in [3.63, 3.8) is 0 Å². The van der Waals surface area contributed by atoms with Gasteiger partial charge in [0.05, 0.1) is 0 Å². The average Bonchev–Trinajstić information content (AvgIpc) is 2.35. The Hall–Kier alpha value is -2.19. The lowest BCUT2D eigenvalue weighted by atomic mass is 10.7. The predicted molar refractivity (Wildman–Crippen MR) is 60.5 cm³/mol. The van der Waals surface area contributed by atoms with Gasteiger partial charge in [-0.05, 0) is 0 Å². The van der Waals surface area contributed by atoms with E-state index in [4.69, 9.17) is 39.6 Å². The predicted octanol–water partition coefficient (Wildman–Crippen LogP) is 2.15. The van der Waals surface area contributed by atoms with Crippen molar-refractivity contribution in [2.24, 2.45) is 0 Å². The molecule has 0 aromatic heterocycles. The number of aliphatic carboxylic acids is 4. The van der Waals surface area contributed by atoms with Crippen molar-refractivity contribution in [1.82, 2.24) is 0 Å². The van der Waals surface area contributed by atoms with Gasteiger partial charge in [-0.1, -0.05) is 0 Å². The van der Waals surface area contributed by atoms with Gasteiger partial charge in [0.2, 0.25) is 0 Å². The van der Waals surface area contributed by atoms with E-state index in [1.54, 1.807) is 0 Å². The lowest BCUT2D eigenvalue weighted by molar-refractivity contribution is -0.193. The quantitative estimate of drug-likeness (QED) is 0.304. The molecule has 0 aromatic rings. The number of alkyl halides is 12. The van der Waals surface area contributed by atoms with E-state index >= 15 is 0 Å². The Labute approximate surface area is 164 Å². The van der Waals surface area contributed by atoms with Gasteiger partial charge in [-0.25, -0.2) is 19.2 Å². The van der Waals surface area contributed by atoms with Crippen LogP contribution in [0.1, 0.15) is 0 Å². The molecule has 0 fully saturated rings. The van der Waals surface area contributed by atoms with E-state index in [2.05, 4.69) is 0 Å². The molecule has 21 heteroatoms. The zero-order valence-electron chi connectivity index (χ0n) is 12.7. The second-order valence-electron chi connectivity index (χ2n) is 3.21. The van der Waals surface area contributed by atoms with Crippen molar-refractivity contribution in [3.05, 3.63) is 0 Å². The van der Waals surface area contributed by atoms with Crippen molar-refractivity contribution in [2.45, 2.75) is 24.7 Å². The highest BCUT2D eigenvalue weighted by Crippen LogP contribution is 2.14. The van der Waals surface area contributed by atoms with E-state index in [1.165, 1.54) is 0 Å².